The van der Waals surface area contributed by atoms with Gasteiger partial charge in [-0.05, 0) is 57.4 Å². The molecule has 2 nitrogen and oxygen atoms in total. The molecule has 0 bridgehead atoms. The zero-order chi connectivity index (χ0) is 11.9. The SMILES string of the molecule is CNCCC1CCN(Cc2ccccc2)CC1. The molecule has 94 valence electrons. The molecule has 0 saturated carbocycles. The van der Waals surface area contributed by atoms with E-state index < -0.39 is 0 Å². The maximum atomic E-state index is 3.25. The number of hydrogen-bond donors (Lipinski definition) is 1. The molecule has 1 saturated heterocycles. The highest BCUT2D eigenvalue weighted by molar-refractivity contribution is 5.14. The minimum absolute atomic E-state index is 0.939. The van der Waals surface area contributed by atoms with Gasteiger partial charge in [0.15, 0.2) is 0 Å². The summed E-state index contributed by atoms with van der Waals surface area (Å²) in [5, 5.41) is 3.25. The average Bonchev–Trinajstić information content (AvgIpc) is 2.39. The fourth-order valence-corrected chi connectivity index (χ4v) is 2.62. The molecular weight excluding hydrogens is 208 g/mol. The van der Waals surface area contributed by atoms with E-state index in [1.54, 1.807) is 0 Å². The maximum Gasteiger partial charge on any atom is 0.0233 e. The lowest BCUT2D eigenvalue weighted by atomic mass is 9.93. The zero-order valence-electron chi connectivity index (χ0n) is 10.9. The van der Waals surface area contributed by atoms with Gasteiger partial charge in [0.25, 0.3) is 0 Å². The second-order valence-electron chi connectivity index (χ2n) is 5.10. The third-order valence-electron chi connectivity index (χ3n) is 3.76. The molecule has 0 amide bonds. The van der Waals surface area contributed by atoms with Crippen molar-refractivity contribution in [1.29, 1.82) is 0 Å². The Balaban J connectivity index is 1.72. The molecule has 0 unspecified atom stereocenters. The minimum Gasteiger partial charge on any atom is -0.320 e. The molecule has 1 aliphatic heterocycles. The highest BCUT2D eigenvalue weighted by atomic mass is 15.1. The molecule has 0 atom stereocenters. The van der Waals surface area contributed by atoms with Gasteiger partial charge >= 0.3 is 0 Å². The summed E-state index contributed by atoms with van der Waals surface area (Å²) in [4.78, 5) is 2.59. The van der Waals surface area contributed by atoms with E-state index in [1.165, 1.54) is 44.5 Å². The van der Waals surface area contributed by atoms with E-state index in [4.69, 9.17) is 0 Å². The Morgan fingerprint density at radius 2 is 1.88 bits per heavy atom. The minimum atomic E-state index is 0.939. The van der Waals surface area contributed by atoms with Crippen LogP contribution in [0.3, 0.4) is 0 Å². The van der Waals surface area contributed by atoms with Crippen molar-refractivity contribution in [3.05, 3.63) is 35.9 Å². The van der Waals surface area contributed by atoms with Gasteiger partial charge in [0.2, 0.25) is 0 Å². The van der Waals surface area contributed by atoms with Crippen LogP contribution in [-0.2, 0) is 6.54 Å². The van der Waals surface area contributed by atoms with Crippen molar-refractivity contribution in [3.8, 4) is 0 Å². The fraction of sp³-hybridized carbons (Fsp3) is 0.600. The van der Waals surface area contributed by atoms with Crippen LogP contribution in [0.2, 0.25) is 0 Å². The van der Waals surface area contributed by atoms with E-state index in [2.05, 4.69) is 40.5 Å². The Morgan fingerprint density at radius 1 is 1.18 bits per heavy atom. The fourth-order valence-electron chi connectivity index (χ4n) is 2.62. The summed E-state index contributed by atoms with van der Waals surface area (Å²) in [5.41, 5.74) is 1.45. The first-order valence-electron chi connectivity index (χ1n) is 6.79. The molecule has 2 rings (SSSR count). The molecule has 0 radical (unpaired) electrons. The molecule has 17 heavy (non-hydrogen) atoms. The second-order valence-corrected chi connectivity index (χ2v) is 5.10. The molecule has 1 fully saturated rings. The molecule has 1 aromatic rings. The van der Waals surface area contributed by atoms with Crippen LogP contribution in [-0.4, -0.2) is 31.6 Å². The molecule has 1 heterocycles. The lowest BCUT2D eigenvalue weighted by Crippen LogP contribution is -2.34. The summed E-state index contributed by atoms with van der Waals surface area (Å²) in [6, 6.07) is 10.8. The van der Waals surface area contributed by atoms with Crippen LogP contribution in [0.5, 0.6) is 0 Å². The summed E-state index contributed by atoms with van der Waals surface area (Å²) < 4.78 is 0. The van der Waals surface area contributed by atoms with Crippen molar-refractivity contribution in [3.63, 3.8) is 0 Å². The maximum absolute atomic E-state index is 3.25. The highest BCUT2D eigenvalue weighted by Gasteiger charge is 2.18. The van der Waals surface area contributed by atoms with Gasteiger partial charge in [0.05, 0.1) is 0 Å². The van der Waals surface area contributed by atoms with Crippen LogP contribution in [0.25, 0.3) is 0 Å². The van der Waals surface area contributed by atoms with E-state index in [0.29, 0.717) is 0 Å². The summed E-state index contributed by atoms with van der Waals surface area (Å²) in [7, 11) is 2.05. The summed E-state index contributed by atoms with van der Waals surface area (Å²) in [6.45, 7) is 4.83. The number of benzene rings is 1. The molecule has 0 aromatic heterocycles. The van der Waals surface area contributed by atoms with Gasteiger partial charge in [-0.1, -0.05) is 30.3 Å². The van der Waals surface area contributed by atoms with E-state index in [-0.39, 0.29) is 0 Å². The number of likely N-dealkylation sites (tertiary alicyclic amines) is 1. The van der Waals surface area contributed by atoms with E-state index >= 15 is 0 Å². The van der Waals surface area contributed by atoms with Crippen LogP contribution in [0.1, 0.15) is 24.8 Å². The highest BCUT2D eigenvalue weighted by Crippen LogP contribution is 2.21. The number of nitrogens with zero attached hydrogens (tertiary/aromatic N) is 1. The second kappa shape index (κ2) is 6.77. The number of piperidine rings is 1. The van der Waals surface area contributed by atoms with Crippen molar-refractivity contribution in [2.75, 3.05) is 26.7 Å². The zero-order valence-corrected chi connectivity index (χ0v) is 10.9. The normalized spacial score (nSPS) is 18.4. The monoisotopic (exact) mass is 232 g/mol. The quantitative estimate of drug-likeness (QED) is 0.839. The predicted octanol–water partition coefficient (Wildman–Crippen LogP) is 2.51. The van der Waals surface area contributed by atoms with Crippen molar-refractivity contribution in [2.24, 2.45) is 5.92 Å². The Hall–Kier alpha value is -0.860. The number of rotatable bonds is 5. The standard InChI is InChI=1S/C15H24N2/c1-16-10-7-14-8-11-17(12-9-14)13-15-5-3-2-4-6-15/h2-6,14,16H,7-13H2,1H3. The Bertz CT molecular complexity index is 302. The van der Waals surface area contributed by atoms with Crippen LogP contribution in [0.4, 0.5) is 0 Å². The summed E-state index contributed by atoms with van der Waals surface area (Å²) >= 11 is 0. The largest absolute Gasteiger partial charge is 0.320 e. The third kappa shape index (κ3) is 4.14. The van der Waals surface area contributed by atoms with E-state index in [1.807, 2.05) is 7.05 Å². The Kier molecular flexibility index (Phi) is 5.02. The molecule has 2 heteroatoms. The lowest BCUT2D eigenvalue weighted by Gasteiger charge is -2.32. The first-order chi connectivity index (χ1) is 8.38. The van der Waals surface area contributed by atoms with E-state index in [0.717, 1.165) is 12.5 Å². The molecule has 1 aliphatic rings. The van der Waals surface area contributed by atoms with Gasteiger partial charge in [0.1, 0.15) is 0 Å². The first-order valence-corrected chi connectivity index (χ1v) is 6.79. The Labute approximate surface area is 105 Å². The van der Waals surface area contributed by atoms with Gasteiger partial charge < -0.3 is 5.32 Å². The average molecular weight is 232 g/mol. The molecular formula is C15H24N2. The smallest absolute Gasteiger partial charge is 0.0233 e. The summed E-state index contributed by atoms with van der Waals surface area (Å²) in [6.07, 6.45) is 4.08. The van der Waals surface area contributed by atoms with Crippen molar-refractivity contribution in [2.45, 2.75) is 25.8 Å². The van der Waals surface area contributed by atoms with E-state index in [9.17, 15) is 0 Å². The number of nitrogens with one attached hydrogen (secondary N) is 1. The van der Waals surface area contributed by atoms with Crippen LogP contribution in [0.15, 0.2) is 30.3 Å². The lowest BCUT2D eigenvalue weighted by molar-refractivity contribution is 0.172. The molecule has 0 aliphatic carbocycles. The molecule has 1 aromatic carbocycles. The van der Waals surface area contributed by atoms with Crippen molar-refractivity contribution >= 4 is 0 Å². The number of hydrogen-bond acceptors (Lipinski definition) is 2. The third-order valence-corrected chi connectivity index (χ3v) is 3.76. The first kappa shape index (κ1) is 12.6. The summed E-state index contributed by atoms with van der Waals surface area (Å²) in [5.74, 6) is 0.939. The van der Waals surface area contributed by atoms with Gasteiger partial charge in [-0.25, -0.2) is 0 Å². The van der Waals surface area contributed by atoms with Crippen LogP contribution < -0.4 is 5.32 Å². The van der Waals surface area contributed by atoms with Crippen LogP contribution >= 0.6 is 0 Å². The topological polar surface area (TPSA) is 15.3 Å². The van der Waals surface area contributed by atoms with Crippen molar-refractivity contribution in [1.82, 2.24) is 10.2 Å². The van der Waals surface area contributed by atoms with Gasteiger partial charge in [-0.2, -0.15) is 0 Å². The van der Waals surface area contributed by atoms with Crippen molar-refractivity contribution < 1.29 is 0 Å². The Morgan fingerprint density at radius 3 is 2.53 bits per heavy atom. The molecule has 1 N–H and O–H groups in total. The van der Waals surface area contributed by atoms with Gasteiger partial charge in [-0.15, -0.1) is 0 Å². The molecule has 0 spiro atoms. The van der Waals surface area contributed by atoms with Gasteiger partial charge in [0, 0.05) is 6.54 Å². The van der Waals surface area contributed by atoms with Gasteiger partial charge in [-0.3, -0.25) is 4.90 Å². The van der Waals surface area contributed by atoms with Crippen LogP contribution in [0, 0.1) is 5.92 Å². The predicted molar refractivity (Wildman–Crippen MR) is 73.0 cm³/mol.